The summed E-state index contributed by atoms with van der Waals surface area (Å²) in [5.74, 6) is 0.923. The molecule has 2 bridgehead atoms. The zero-order chi connectivity index (χ0) is 31.2. The van der Waals surface area contributed by atoms with Gasteiger partial charge in [-0.3, -0.25) is 9.59 Å². The van der Waals surface area contributed by atoms with E-state index in [1.807, 2.05) is 38.5 Å². The summed E-state index contributed by atoms with van der Waals surface area (Å²) in [7, 11) is 3.51. The number of halogens is 1. The SMILES string of the molecule is COc1cc(C(=O)N[C@H]2CNC[C@H]2F)cc2nc(-c3cc4ccc5nc4n3CCCCCCC(C)(C)C(=O)N[C@@H]5C)n(C)c12. The summed E-state index contributed by atoms with van der Waals surface area (Å²) in [6.07, 6.45) is 3.76. The molecule has 44 heavy (non-hydrogen) atoms. The van der Waals surface area contributed by atoms with E-state index in [-0.39, 0.29) is 24.4 Å². The van der Waals surface area contributed by atoms with Crippen molar-refractivity contribution in [3.63, 3.8) is 0 Å². The normalized spacial score (nSPS) is 22.7. The molecule has 10 nitrogen and oxygen atoms in total. The second-order valence-corrected chi connectivity index (χ2v) is 12.9. The number of benzene rings is 1. The number of aryl methyl sites for hydroxylation is 2. The Balaban J connectivity index is 1.42. The van der Waals surface area contributed by atoms with Crippen molar-refractivity contribution in [3.05, 3.63) is 41.6 Å². The van der Waals surface area contributed by atoms with Gasteiger partial charge in [0.05, 0.1) is 36.1 Å². The highest BCUT2D eigenvalue weighted by Crippen LogP contribution is 2.35. The first-order valence-corrected chi connectivity index (χ1v) is 15.6. The molecule has 5 heterocycles. The summed E-state index contributed by atoms with van der Waals surface area (Å²) in [5.41, 5.74) is 3.88. The number of imidazole rings is 1. The second-order valence-electron chi connectivity index (χ2n) is 12.9. The lowest BCUT2D eigenvalue weighted by Crippen LogP contribution is -2.41. The first-order valence-electron chi connectivity index (χ1n) is 15.6. The van der Waals surface area contributed by atoms with Crippen molar-refractivity contribution in [1.82, 2.24) is 35.1 Å². The minimum absolute atomic E-state index is 0.0474. The van der Waals surface area contributed by atoms with Crippen molar-refractivity contribution >= 4 is 33.9 Å². The van der Waals surface area contributed by atoms with Crippen LogP contribution in [0.15, 0.2) is 30.3 Å². The molecule has 2 amide bonds. The number of fused-ring (bicyclic) bond motifs is 2. The molecule has 2 aliphatic heterocycles. The summed E-state index contributed by atoms with van der Waals surface area (Å²) >= 11 is 0. The maximum absolute atomic E-state index is 14.2. The molecule has 2 aliphatic rings. The van der Waals surface area contributed by atoms with Gasteiger partial charge >= 0.3 is 0 Å². The summed E-state index contributed by atoms with van der Waals surface area (Å²) in [4.78, 5) is 36.3. The van der Waals surface area contributed by atoms with E-state index in [2.05, 4.69) is 32.7 Å². The zero-order valence-corrected chi connectivity index (χ0v) is 26.2. The van der Waals surface area contributed by atoms with Crippen LogP contribution in [0.1, 0.15) is 75.0 Å². The maximum atomic E-state index is 14.2. The number of methoxy groups -OCH3 is 1. The lowest BCUT2D eigenvalue weighted by atomic mass is 9.85. The van der Waals surface area contributed by atoms with Crippen LogP contribution in [-0.4, -0.2) is 63.3 Å². The Morgan fingerprint density at radius 2 is 1.91 bits per heavy atom. The Hall–Kier alpha value is -3.99. The summed E-state index contributed by atoms with van der Waals surface area (Å²) in [6.45, 7) is 7.40. The summed E-state index contributed by atoms with van der Waals surface area (Å²) in [6, 6.07) is 8.74. The number of carbonyl (C=O) groups is 2. The molecule has 1 aromatic carbocycles. The van der Waals surface area contributed by atoms with Gasteiger partial charge in [0.25, 0.3) is 5.91 Å². The molecule has 1 fully saturated rings. The number of carbonyl (C=O) groups excluding carboxylic acids is 2. The minimum Gasteiger partial charge on any atom is -0.494 e. The number of rotatable bonds is 4. The van der Waals surface area contributed by atoms with Gasteiger partial charge in [0.2, 0.25) is 5.91 Å². The van der Waals surface area contributed by atoms with Crippen molar-refractivity contribution in [1.29, 1.82) is 0 Å². The van der Waals surface area contributed by atoms with E-state index in [1.165, 1.54) is 0 Å². The Kier molecular flexibility index (Phi) is 8.08. The molecular weight excluding hydrogens is 561 g/mol. The van der Waals surface area contributed by atoms with Crippen molar-refractivity contribution in [2.45, 2.75) is 77.7 Å². The van der Waals surface area contributed by atoms with Gasteiger partial charge in [-0.15, -0.1) is 0 Å². The molecule has 0 unspecified atom stereocenters. The Morgan fingerprint density at radius 1 is 1.11 bits per heavy atom. The standard InChI is InChI=1S/C33H42FN7O3/c1-19-23-11-10-20-15-26(41(29(20)37-23)13-9-7-6-8-12-33(2,3)32(43)36-19)30-38-24-14-21(16-27(44-5)28(24)40(30)4)31(42)39-25-18-35-17-22(25)34/h10-11,14-16,19,22,25,35H,6-9,12-13,17-18H2,1-5H3,(H,36,43)(H,39,42)/t19-,22-,25+/m1/s1. The van der Waals surface area contributed by atoms with E-state index >= 15 is 0 Å². The number of nitrogens with zero attached hydrogens (tertiary/aromatic N) is 4. The molecule has 3 aromatic heterocycles. The van der Waals surface area contributed by atoms with Gasteiger partial charge in [0, 0.05) is 43.0 Å². The van der Waals surface area contributed by atoms with E-state index in [4.69, 9.17) is 14.7 Å². The van der Waals surface area contributed by atoms with Crippen LogP contribution in [0.4, 0.5) is 4.39 Å². The fourth-order valence-electron chi connectivity index (χ4n) is 6.43. The fraction of sp³-hybridized carbons (Fsp3) is 0.515. The molecule has 1 saturated heterocycles. The molecule has 0 radical (unpaired) electrons. The number of pyridine rings is 1. The topological polar surface area (TPSA) is 115 Å². The molecule has 3 N–H and O–H groups in total. The Morgan fingerprint density at radius 3 is 2.66 bits per heavy atom. The highest BCUT2D eigenvalue weighted by Gasteiger charge is 2.30. The van der Waals surface area contributed by atoms with Gasteiger partial charge in [-0.05, 0) is 50.1 Å². The highest BCUT2D eigenvalue weighted by molar-refractivity contribution is 6.00. The predicted molar refractivity (Wildman–Crippen MR) is 168 cm³/mol. The van der Waals surface area contributed by atoms with Gasteiger partial charge in [-0.2, -0.15) is 0 Å². The van der Waals surface area contributed by atoms with Crippen LogP contribution < -0.4 is 20.7 Å². The molecule has 0 spiro atoms. The number of ether oxygens (including phenoxy) is 1. The monoisotopic (exact) mass is 603 g/mol. The van der Waals surface area contributed by atoms with Crippen LogP contribution in [0, 0.1) is 5.41 Å². The van der Waals surface area contributed by atoms with Gasteiger partial charge in [0.15, 0.2) is 5.82 Å². The lowest BCUT2D eigenvalue weighted by Gasteiger charge is -2.26. The van der Waals surface area contributed by atoms with Crippen LogP contribution in [0.2, 0.25) is 0 Å². The van der Waals surface area contributed by atoms with Crippen LogP contribution in [0.3, 0.4) is 0 Å². The average molecular weight is 604 g/mol. The Bertz CT molecular complexity index is 1730. The van der Waals surface area contributed by atoms with Crippen LogP contribution >= 0.6 is 0 Å². The van der Waals surface area contributed by atoms with Crippen molar-refractivity contribution in [3.8, 4) is 17.3 Å². The smallest absolute Gasteiger partial charge is 0.251 e. The maximum Gasteiger partial charge on any atom is 0.251 e. The number of hydrogen-bond donors (Lipinski definition) is 3. The van der Waals surface area contributed by atoms with Crippen LogP contribution in [0.25, 0.3) is 33.6 Å². The summed E-state index contributed by atoms with van der Waals surface area (Å²) in [5, 5.41) is 9.94. The highest BCUT2D eigenvalue weighted by atomic mass is 19.1. The second kappa shape index (κ2) is 11.8. The minimum atomic E-state index is -1.13. The third kappa shape index (κ3) is 5.53. The molecule has 0 aliphatic carbocycles. The molecule has 6 rings (SSSR count). The van der Waals surface area contributed by atoms with Crippen molar-refractivity contribution in [2.75, 3.05) is 20.2 Å². The van der Waals surface area contributed by atoms with Gasteiger partial charge < -0.3 is 29.8 Å². The van der Waals surface area contributed by atoms with Crippen molar-refractivity contribution < 1.29 is 18.7 Å². The van der Waals surface area contributed by atoms with Crippen molar-refractivity contribution in [2.24, 2.45) is 12.5 Å². The van der Waals surface area contributed by atoms with Gasteiger partial charge in [0.1, 0.15) is 23.1 Å². The molecule has 4 aromatic rings. The quantitative estimate of drug-likeness (QED) is 0.309. The molecule has 234 valence electrons. The van der Waals surface area contributed by atoms with E-state index < -0.39 is 17.6 Å². The zero-order valence-electron chi connectivity index (χ0n) is 26.2. The van der Waals surface area contributed by atoms with E-state index in [9.17, 15) is 14.0 Å². The molecule has 0 saturated carbocycles. The van der Waals surface area contributed by atoms with Crippen LogP contribution in [0.5, 0.6) is 5.75 Å². The van der Waals surface area contributed by atoms with E-state index in [0.29, 0.717) is 23.4 Å². The Labute approximate surface area is 256 Å². The molecule has 11 heteroatoms. The average Bonchev–Trinajstić information content (AvgIpc) is 3.68. The van der Waals surface area contributed by atoms with E-state index in [1.54, 1.807) is 19.2 Å². The number of nitrogens with one attached hydrogen (secondary N) is 3. The van der Waals surface area contributed by atoms with Crippen LogP contribution in [-0.2, 0) is 18.4 Å². The number of amides is 2. The number of alkyl halides is 1. The third-order valence-corrected chi connectivity index (χ3v) is 9.21. The molecular formula is C33H42FN7O3. The molecule has 3 atom stereocenters. The lowest BCUT2D eigenvalue weighted by molar-refractivity contribution is -0.130. The predicted octanol–water partition coefficient (Wildman–Crippen LogP) is 4.81. The fourth-order valence-corrected chi connectivity index (χ4v) is 6.43. The largest absolute Gasteiger partial charge is 0.494 e. The number of aromatic nitrogens is 4. The van der Waals surface area contributed by atoms with Gasteiger partial charge in [-0.25, -0.2) is 14.4 Å². The first kappa shape index (κ1) is 30.1. The van der Waals surface area contributed by atoms with E-state index in [0.717, 1.165) is 72.4 Å². The van der Waals surface area contributed by atoms with Gasteiger partial charge in [-0.1, -0.05) is 33.1 Å². The number of hydrogen-bond acceptors (Lipinski definition) is 6. The third-order valence-electron chi connectivity index (χ3n) is 9.21. The first-order chi connectivity index (χ1) is 21.1. The summed E-state index contributed by atoms with van der Waals surface area (Å²) < 4.78 is 24.1.